The van der Waals surface area contributed by atoms with Gasteiger partial charge in [-0.3, -0.25) is 4.79 Å². The van der Waals surface area contributed by atoms with Gasteiger partial charge >= 0.3 is 0 Å². The molecule has 0 atom stereocenters. The van der Waals surface area contributed by atoms with Gasteiger partial charge in [0.1, 0.15) is 23.1 Å². The monoisotopic (exact) mass is 402 g/mol. The fourth-order valence-electron chi connectivity index (χ4n) is 2.45. The second kappa shape index (κ2) is 8.88. The summed E-state index contributed by atoms with van der Waals surface area (Å²) in [5.41, 5.74) is 2.41. The van der Waals surface area contributed by atoms with Crippen LogP contribution >= 0.6 is 22.9 Å². The third kappa shape index (κ3) is 5.45. The zero-order chi connectivity index (χ0) is 19.2. The zero-order valence-corrected chi connectivity index (χ0v) is 16.6. The number of hydrogen-bond donors (Lipinski definition) is 1. The largest absolute Gasteiger partial charge is 0.495 e. The maximum Gasteiger partial charge on any atom is 0.230 e. The highest BCUT2D eigenvalue weighted by atomic mass is 35.5. The predicted octanol–water partition coefficient (Wildman–Crippen LogP) is 4.87. The molecule has 27 heavy (non-hydrogen) atoms. The summed E-state index contributed by atoms with van der Waals surface area (Å²) >= 11 is 7.32. The Morgan fingerprint density at radius 2 is 2.00 bits per heavy atom. The van der Waals surface area contributed by atoms with Crippen LogP contribution in [0.3, 0.4) is 0 Å². The summed E-state index contributed by atoms with van der Waals surface area (Å²) in [5.74, 6) is 1.21. The quantitative estimate of drug-likeness (QED) is 0.612. The summed E-state index contributed by atoms with van der Waals surface area (Å²) in [6.45, 7) is 2.31. The molecule has 0 unspecified atom stereocenters. The number of nitrogens with one attached hydrogen (secondary N) is 1. The number of anilines is 1. The summed E-state index contributed by atoms with van der Waals surface area (Å²) in [6, 6.07) is 12.8. The van der Waals surface area contributed by atoms with Gasteiger partial charge < -0.3 is 14.8 Å². The van der Waals surface area contributed by atoms with Crippen molar-refractivity contribution in [1.29, 1.82) is 0 Å². The van der Waals surface area contributed by atoms with Gasteiger partial charge in [0.15, 0.2) is 0 Å². The van der Waals surface area contributed by atoms with Crippen LogP contribution in [0, 0.1) is 6.92 Å². The smallest absolute Gasteiger partial charge is 0.230 e. The number of nitrogens with zero attached hydrogens (tertiary/aromatic N) is 1. The Balaban J connectivity index is 1.56. The Bertz CT molecular complexity index is 925. The van der Waals surface area contributed by atoms with E-state index in [4.69, 9.17) is 21.1 Å². The zero-order valence-electron chi connectivity index (χ0n) is 15.0. The minimum absolute atomic E-state index is 0.144. The minimum atomic E-state index is -0.144. The van der Waals surface area contributed by atoms with Gasteiger partial charge in [0.05, 0.1) is 24.9 Å². The van der Waals surface area contributed by atoms with Gasteiger partial charge in [-0.05, 0) is 48.9 Å². The summed E-state index contributed by atoms with van der Waals surface area (Å²) < 4.78 is 11.0. The average Bonchev–Trinajstić information content (AvgIpc) is 3.08. The van der Waals surface area contributed by atoms with Gasteiger partial charge in [0.25, 0.3) is 0 Å². The molecule has 0 saturated heterocycles. The Labute approximate surface area is 166 Å². The molecule has 0 aliphatic heterocycles. The molecule has 0 radical (unpaired) electrons. The van der Waals surface area contributed by atoms with Crippen molar-refractivity contribution in [3.05, 3.63) is 69.1 Å². The molecule has 0 aliphatic rings. The van der Waals surface area contributed by atoms with Crippen molar-refractivity contribution in [3.63, 3.8) is 0 Å². The van der Waals surface area contributed by atoms with E-state index in [1.54, 1.807) is 31.4 Å². The van der Waals surface area contributed by atoms with E-state index in [2.05, 4.69) is 10.3 Å². The van der Waals surface area contributed by atoms with E-state index in [1.165, 1.54) is 11.3 Å². The van der Waals surface area contributed by atoms with Gasteiger partial charge in [0, 0.05) is 10.4 Å². The van der Waals surface area contributed by atoms with Crippen LogP contribution in [0.25, 0.3) is 0 Å². The summed E-state index contributed by atoms with van der Waals surface area (Å²) in [7, 11) is 1.58. The van der Waals surface area contributed by atoms with Crippen molar-refractivity contribution in [1.82, 2.24) is 4.98 Å². The number of methoxy groups -OCH3 is 1. The minimum Gasteiger partial charge on any atom is -0.495 e. The number of halogens is 1. The Morgan fingerprint density at radius 3 is 2.74 bits per heavy atom. The number of benzene rings is 2. The number of carbonyl (C=O) groups excluding carboxylic acids is 1. The first-order chi connectivity index (χ1) is 13.0. The fraction of sp³-hybridized carbons (Fsp3) is 0.200. The summed E-state index contributed by atoms with van der Waals surface area (Å²) in [6.07, 6.45) is 0.189. The molecule has 0 fully saturated rings. The molecule has 2 aromatic carbocycles. The summed E-state index contributed by atoms with van der Waals surface area (Å²) in [5, 5.41) is 6.22. The molecule has 140 valence electrons. The van der Waals surface area contributed by atoms with Crippen molar-refractivity contribution in [2.24, 2.45) is 0 Å². The highest BCUT2D eigenvalue weighted by Gasteiger charge is 2.11. The summed E-state index contributed by atoms with van der Waals surface area (Å²) in [4.78, 5) is 16.8. The maximum absolute atomic E-state index is 12.3. The van der Waals surface area contributed by atoms with E-state index in [0.717, 1.165) is 16.3 Å². The second-order valence-electron chi connectivity index (χ2n) is 5.90. The first-order valence-corrected chi connectivity index (χ1v) is 9.55. The maximum atomic E-state index is 12.3. The van der Waals surface area contributed by atoms with Gasteiger partial charge in [0.2, 0.25) is 5.91 Å². The van der Waals surface area contributed by atoms with Crippen LogP contribution in [0.4, 0.5) is 5.69 Å². The molecule has 3 rings (SSSR count). The van der Waals surface area contributed by atoms with Crippen LogP contribution in [0.5, 0.6) is 11.5 Å². The Kier molecular flexibility index (Phi) is 6.32. The lowest BCUT2D eigenvalue weighted by atomic mass is 10.2. The van der Waals surface area contributed by atoms with E-state index in [9.17, 15) is 4.79 Å². The van der Waals surface area contributed by atoms with Crippen LogP contribution in [0.15, 0.2) is 47.8 Å². The SMILES string of the molecule is COc1ccc(C)cc1NC(=O)Cc1csc(COc2ccc(Cl)cc2)n1. The molecule has 0 bridgehead atoms. The second-order valence-corrected chi connectivity index (χ2v) is 7.28. The molecule has 0 saturated carbocycles. The van der Waals surface area contributed by atoms with E-state index < -0.39 is 0 Å². The molecular weight excluding hydrogens is 384 g/mol. The third-order valence-electron chi connectivity index (χ3n) is 3.75. The van der Waals surface area contributed by atoms with E-state index in [0.29, 0.717) is 28.8 Å². The highest BCUT2D eigenvalue weighted by molar-refractivity contribution is 7.09. The molecule has 1 aromatic heterocycles. The van der Waals surface area contributed by atoms with Crippen LogP contribution in [-0.2, 0) is 17.8 Å². The molecule has 0 aliphatic carbocycles. The van der Waals surface area contributed by atoms with Crippen LogP contribution < -0.4 is 14.8 Å². The number of carbonyl (C=O) groups is 1. The average molecular weight is 403 g/mol. The molecule has 5 nitrogen and oxygen atoms in total. The van der Waals surface area contributed by atoms with Crippen LogP contribution in [0.1, 0.15) is 16.3 Å². The van der Waals surface area contributed by atoms with Crippen molar-refractivity contribution >= 4 is 34.5 Å². The molecule has 0 spiro atoms. The van der Waals surface area contributed by atoms with Crippen molar-refractivity contribution in [2.75, 3.05) is 12.4 Å². The van der Waals surface area contributed by atoms with Crippen molar-refractivity contribution in [2.45, 2.75) is 20.0 Å². The van der Waals surface area contributed by atoms with E-state index >= 15 is 0 Å². The predicted molar refractivity (Wildman–Crippen MR) is 108 cm³/mol. The molecular formula is C20H19ClN2O3S. The molecule has 1 heterocycles. The normalized spacial score (nSPS) is 10.5. The fourth-order valence-corrected chi connectivity index (χ4v) is 3.28. The lowest BCUT2D eigenvalue weighted by molar-refractivity contribution is -0.115. The number of aryl methyl sites for hydroxylation is 1. The number of rotatable bonds is 7. The Morgan fingerprint density at radius 1 is 1.22 bits per heavy atom. The number of amides is 1. The molecule has 3 aromatic rings. The van der Waals surface area contributed by atoms with Gasteiger partial charge in [-0.2, -0.15) is 0 Å². The van der Waals surface area contributed by atoms with Crippen LogP contribution in [-0.4, -0.2) is 18.0 Å². The first kappa shape index (κ1) is 19.2. The first-order valence-electron chi connectivity index (χ1n) is 8.29. The molecule has 7 heteroatoms. The van der Waals surface area contributed by atoms with Gasteiger partial charge in [-0.15, -0.1) is 11.3 Å². The molecule has 1 N–H and O–H groups in total. The standard InChI is InChI=1S/C20H19ClN2O3S/c1-13-3-8-18(25-2)17(9-13)23-19(24)10-15-12-27-20(22-15)11-26-16-6-4-14(21)5-7-16/h3-9,12H,10-11H2,1-2H3,(H,23,24). The number of ether oxygens (including phenoxy) is 2. The number of thiazole rings is 1. The topological polar surface area (TPSA) is 60.5 Å². The Hall–Kier alpha value is -2.57. The van der Waals surface area contributed by atoms with E-state index in [-0.39, 0.29) is 12.3 Å². The van der Waals surface area contributed by atoms with Crippen molar-refractivity contribution in [3.8, 4) is 11.5 Å². The highest BCUT2D eigenvalue weighted by Crippen LogP contribution is 2.25. The van der Waals surface area contributed by atoms with Crippen molar-refractivity contribution < 1.29 is 14.3 Å². The third-order valence-corrected chi connectivity index (χ3v) is 4.87. The number of aromatic nitrogens is 1. The van der Waals surface area contributed by atoms with Gasteiger partial charge in [-0.25, -0.2) is 4.98 Å². The molecule has 1 amide bonds. The van der Waals surface area contributed by atoms with Crippen LogP contribution in [0.2, 0.25) is 5.02 Å². The lowest BCUT2D eigenvalue weighted by Gasteiger charge is -2.10. The number of hydrogen-bond acceptors (Lipinski definition) is 5. The van der Waals surface area contributed by atoms with E-state index in [1.807, 2.05) is 30.5 Å². The van der Waals surface area contributed by atoms with Gasteiger partial charge in [-0.1, -0.05) is 17.7 Å². The lowest BCUT2D eigenvalue weighted by Crippen LogP contribution is -2.15.